The summed E-state index contributed by atoms with van der Waals surface area (Å²) in [7, 11) is 0. The van der Waals surface area contributed by atoms with Crippen molar-refractivity contribution < 1.29 is 4.74 Å². The molecule has 0 N–H and O–H groups in total. The number of unbranched alkanes of at least 4 members (excludes halogenated alkanes) is 36. The zero-order chi connectivity index (χ0) is 36.4. The van der Waals surface area contributed by atoms with Crippen LogP contribution in [0.4, 0.5) is 0 Å². The molecule has 2 atom stereocenters. The summed E-state index contributed by atoms with van der Waals surface area (Å²) in [6.45, 7) is 4.59. The van der Waals surface area contributed by atoms with Crippen molar-refractivity contribution >= 4 is 0 Å². The number of ether oxygens (including phenoxy) is 1. The van der Waals surface area contributed by atoms with Gasteiger partial charge < -0.3 is 4.74 Å². The molecule has 0 radical (unpaired) electrons. The molecule has 1 fully saturated rings. The molecule has 51 heavy (non-hydrogen) atoms. The van der Waals surface area contributed by atoms with Crippen LogP contribution in [0.5, 0.6) is 0 Å². The second-order valence-electron chi connectivity index (χ2n) is 16.9. The standard InChI is InChI=1S/C50H96O/c1-3-5-7-9-11-13-15-17-19-21-23-25-27-29-31-33-35-37-39-41-43-45-47-49-50(51-49)48-46-44-42-40-38-36-34-32-30-28-26-24-22-20-18-16-14-12-10-8-6-4-2/h13,15,18,20,49-50H,3-12,14,16-17,19,21-48H2,1-2H3/b15-13-,20-18-. The average Bonchev–Trinajstić information content (AvgIpc) is 3.90. The maximum atomic E-state index is 6.00. The zero-order valence-electron chi connectivity index (χ0n) is 35.6. The number of rotatable bonds is 44. The molecule has 0 aromatic rings. The molecule has 2 unspecified atom stereocenters. The Labute approximate surface area is 323 Å². The largest absolute Gasteiger partial charge is 0.370 e. The lowest BCUT2D eigenvalue weighted by Crippen LogP contribution is -1.95. The lowest BCUT2D eigenvalue weighted by Gasteiger charge is -2.03. The summed E-state index contributed by atoms with van der Waals surface area (Å²) in [4.78, 5) is 0. The zero-order valence-corrected chi connectivity index (χ0v) is 35.6. The molecule has 1 heterocycles. The lowest BCUT2D eigenvalue weighted by atomic mass is 10.0. The molecule has 0 spiro atoms. The number of allylic oxidation sites excluding steroid dienone is 4. The molecule has 0 aliphatic carbocycles. The number of epoxide rings is 1. The fourth-order valence-corrected chi connectivity index (χ4v) is 7.99. The summed E-state index contributed by atoms with van der Waals surface area (Å²) in [5, 5.41) is 0. The molecule has 1 nitrogen and oxygen atoms in total. The number of hydrogen-bond donors (Lipinski definition) is 0. The molecule has 302 valence electrons. The highest BCUT2D eigenvalue weighted by Gasteiger charge is 2.36. The van der Waals surface area contributed by atoms with Crippen LogP contribution in [-0.4, -0.2) is 12.2 Å². The van der Waals surface area contributed by atoms with E-state index in [9.17, 15) is 0 Å². The van der Waals surface area contributed by atoms with Crippen LogP contribution in [0.1, 0.15) is 284 Å². The predicted molar refractivity (Wildman–Crippen MR) is 232 cm³/mol. The van der Waals surface area contributed by atoms with Gasteiger partial charge in [0.25, 0.3) is 0 Å². The van der Waals surface area contributed by atoms with E-state index in [0.717, 1.165) is 0 Å². The maximum Gasteiger partial charge on any atom is 0.0841 e. The van der Waals surface area contributed by atoms with Crippen molar-refractivity contribution in [2.24, 2.45) is 0 Å². The van der Waals surface area contributed by atoms with Crippen molar-refractivity contribution in [3.05, 3.63) is 24.3 Å². The molecule has 0 saturated carbocycles. The smallest absolute Gasteiger partial charge is 0.0841 e. The summed E-state index contributed by atoms with van der Waals surface area (Å²) in [5.41, 5.74) is 0. The molecule has 0 bridgehead atoms. The van der Waals surface area contributed by atoms with Gasteiger partial charge in [-0.05, 0) is 64.2 Å². The second-order valence-corrected chi connectivity index (χ2v) is 16.9. The Kier molecular flexibility index (Phi) is 40.1. The van der Waals surface area contributed by atoms with Crippen molar-refractivity contribution in [2.75, 3.05) is 0 Å². The van der Waals surface area contributed by atoms with Crippen molar-refractivity contribution in [1.29, 1.82) is 0 Å². The van der Waals surface area contributed by atoms with E-state index in [0.29, 0.717) is 12.2 Å². The highest BCUT2D eigenvalue weighted by molar-refractivity contribution is 4.84. The van der Waals surface area contributed by atoms with Gasteiger partial charge >= 0.3 is 0 Å². The van der Waals surface area contributed by atoms with E-state index in [1.807, 2.05) is 0 Å². The van der Waals surface area contributed by atoms with Gasteiger partial charge in [0.1, 0.15) is 0 Å². The first kappa shape index (κ1) is 48.5. The fourth-order valence-electron chi connectivity index (χ4n) is 7.99. The van der Waals surface area contributed by atoms with Crippen LogP contribution in [0.15, 0.2) is 24.3 Å². The molecule has 0 aromatic heterocycles. The van der Waals surface area contributed by atoms with Crippen LogP contribution in [-0.2, 0) is 4.74 Å². The molecule has 1 heteroatoms. The minimum Gasteiger partial charge on any atom is -0.370 e. The van der Waals surface area contributed by atoms with Gasteiger partial charge in [-0.15, -0.1) is 0 Å². The Bertz CT molecular complexity index is 693. The maximum absolute atomic E-state index is 6.00. The van der Waals surface area contributed by atoms with Crippen LogP contribution in [0.25, 0.3) is 0 Å². The Morgan fingerprint density at radius 2 is 0.451 bits per heavy atom. The topological polar surface area (TPSA) is 12.5 Å². The first-order chi connectivity index (χ1) is 25.4. The summed E-state index contributed by atoms with van der Waals surface area (Å²) in [6, 6.07) is 0. The van der Waals surface area contributed by atoms with Crippen LogP contribution in [0.3, 0.4) is 0 Å². The van der Waals surface area contributed by atoms with E-state index in [-0.39, 0.29) is 0 Å². The lowest BCUT2D eigenvalue weighted by molar-refractivity contribution is 0.347. The molecule has 1 saturated heterocycles. The molecule has 0 amide bonds. The van der Waals surface area contributed by atoms with Crippen LogP contribution in [0, 0.1) is 0 Å². The number of hydrogen-bond acceptors (Lipinski definition) is 1. The normalized spacial score (nSPS) is 16.0. The predicted octanol–water partition coefficient (Wildman–Crippen LogP) is 18.3. The molecular formula is C50H96O. The third-order valence-electron chi connectivity index (χ3n) is 11.7. The van der Waals surface area contributed by atoms with Gasteiger partial charge in [0.2, 0.25) is 0 Å². The minimum absolute atomic E-state index is 0.623. The average molecular weight is 713 g/mol. The van der Waals surface area contributed by atoms with E-state index in [4.69, 9.17) is 4.74 Å². The molecule has 1 aliphatic rings. The van der Waals surface area contributed by atoms with Gasteiger partial charge in [-0.25, -0.2) is 0 Å². The van der Waals surface area contributed by atoms with Gasteiger partial charge in [-0.3, -0.25) is 0 Å². The Hall–Kier alpha value is -0.560. The Balaban J connectivity index is 1.66. The Morgan fingerprint density at radius 1 is 0.255 bits per heavy atom. The van der Waals surface area contributed by atoms with Crippen LogP contribution >= 0.6 is 0 Å². The fraction of sp³-hybridized carbons (Fsp3) is 0.920. The minimum atomic E-state index is 0.623. The molecular weight excluding hydrogens is 617 g/mol. The summed E-state index contributed by atoms with van der Waals surface area (Å²) in [5.74, 6) is 0. The highest BCUT2D eigenvalue weighted by atomic mass is 16.6. The van der Waals surface area contributed by atoms with Gasteiger partial charge in [0.15, 0.2) is 0 Å². The monoisotopic (exact) mass is 713 g/mol. The van der Waals surface area contributed by atoms with Crippen molar-refractivity contribution in [3.63, 3.8) is 0 Å². The SMILES string of the molecule is CCCCCC/C=C\CCCCCCCCCCCCCCCCC1OC1CCCCCCCCCCCCCC/C=C\CCCCCCCC. The van der Waals surface area contributed by atoms with E-state index in [2.05, 4.69) is 38.2 Å². The third-order valence-corrected chi connectivity index (χ3v) is 11.7. The van der Waals surface area contributed by atoms with Gasteiger partial charge in [0.05, 0.1) is 12.2 Å². The van der Waals surface area contributed by atoms with Crippen molar-refractivity contribution in [1.82, 2.24) is 0 Å². The third kappa shape index (κ3) is 39.0. The molecule has 1 aliphatic heterocycles. The Morgan fingerprint density at radius 3 is 0.706 bits per heavy atom. The van der Waals surface area contributed by atoms with Crippen molar-refractivity contribution in [2.45, 2.75) is 296 Å². The van der Waals surface area contributed by atoms with Gasteiger partial charge in [0, 0.05) is 0 Å². The molecule has 0 aromatic carbocycles. The summed E-state index contributed by atoms with van der Waals surface area (Å²) in [6.07, 6.45) is 70.6. The van der Waals surface area contributed by atoms with Gasteiger partial charge in [-0.1, -0.05) is 244 Å². The van der Waals surface area contributed by atoms with E-state index >= 15 is 0 Å². The summed E-state index contributed by atoms with van der Waals surface area (Å²) >= 11 is 0. The van der Waals surface area contributed by atoms with Gasteiger partial charge in [-0.2, -0.15) is 0 Å². The van der Waals surface area contributed by atoms with Crippen molar-refractivity contribution in [3.8, 4) is 0 Å². The quantitative estimate of drug-likeness (QED) is 0.0348. The summed E-state index contributed by atoms with van der Waals surface area (Å²) < 4.78 is 6.00. The first-order valence-corrected chi connectivity index (χ1v) is 24.3. The van der Waals surface area contributed by atoms with E-state index in [1.54, 1.807) is 0 Å². The second kappa shape index (κ2) is 42.2. The van der Waals surface area contributed by atoms with Crippen LogP contribution < -0.4 is 0 Å². The first-order valence-electron chi connectivity index (χ1n) is 24.3. The van der Waals surface area contributed by atoms with Crippen LogP contribution in [0.2, 0.25) is 0 Å². The van der Waals surface area contributed by atoms with E-state index in [1.165, 1.54) is 270 Å². The van der Waals surface area contributed by atoms with E-state index < -0.39 is 0 Å². The highest BCUT2D eigenvalue weighted by Crippen LogP contribution is 2.32. The molecule has 1 rings (SSSR count).